The zero-order valence-corrected chi connectivity index (χ0v) is 9.98. The molecule has 1 N–H and O–H groups in total. The van der Waals surface area contributed by atoms with E-state index in [0.717, 1.165) is 10.6 Å². The monoisotopic (exact) mass is 244 g/mol. The molecule has 86 valence electrons. The Morgan fingerprint density at radius 2 is 1.65 bits per heavy atom. The average molecular weight is 244 g/mol. The molecule has 0 radical (unpaired) electrons. The predicted octanol–water partition coefficient (Wildman–Crippen LogP) is 3.68. The Labute approximate surface area is 104 Å². The van der Waals surface area contributed by atoms with Gasteiger partial charge in [0.25, 0.3) is 0 Å². The Morgan fingerprint density at radius 1 is 1.00 bits per heavy atom. The molecule has 0 saturated heterocycles. The second-order valence-electron chi connectivity index (χ2n) is 3.60. The number of carbonyl (C=O) groups is 1. The van der Waals surface area contributed by atoms with Crippen molar-refractivity contribution >= 4 is 17.7 Å². The molecule has 2 rings (SSSR count). The lowest BCUT2D eigenvalue weighted by Crippen LogP contribution is -1.94. The second kappa shape index (κ2) is 5.55. The standard InChI is InChI=1S/C14H12O2S/c15-14(16)12-6-8-13(9-7-12)17-10-11-4-2-1-3-5-11/h1-9H,10H2,(H,15,16). The molecule has 0 aromatic heterocycles. The number of aromatic carboxylic acids is 1. The fourth-order valence-electron chi connectivity index (χ4n) is 1.43. The van der Waals surface area contributed by atoms with Crippen molar-refractivity contribution in [3.63, 3.8) is 0 Å². The van der Waals surface area contributed by atoms with E-state index in [1.165, 1.54) is 5.56 Å². The van der Waals surface area contributed by atoms with E-state index in [4.69, 9.17) is 5.11 Å². The van der Waals surface area contributed by atoms with Gasteiger partial charge in [0.2, 0.25) is 0 Å². The van der Waals surface area contributed by atoms with Crippen molar-refractivity contribution in [1.82, 2.24) is 0 Å². The summed E-state index contributed by atoms with van der Waals surface area (Å²) in [5, 5.41) is 8.78. The maximum absolute atomic E-state index is 10.7. The lowest BCUT2D eigenvalue weighted by molar-refractivity contribution is 0.0697. The number of thioether (sulfide) groups is 1. The van der Waals surface area contributed by atoms with E-state index in [9.17, 15) is 4.79 Å². The highest BCUT2D eigenvalue weighted by Gasteiger charge is 2.02. The van der Waals surface area contributed by atoms with E-state index in [2.05, 4.69) is 12.1 Å². The van der Waals surface area contributed by atoms with Crippen LogP contribution in [0.4, 0.5) is 0 Å². The molecule has 0 aliphatic rings. The quantitative estimate of drug-likeness (QED) is 0.834. The summed E-state index contributed by atoms with van der Waals surface area (Å²) >= 11 is 1.70. The average Bonchev–Trinajstić information content (AvgIpc) is 2.38. The summed E-state index contributed by atoms with van der Waals surface area (Å²) in [7, 11) is 0. The van der Waals surface area contributed by atoms with Crippen LogP contribution < -0.4 is 0 Å². The summed E-state index contributed by atoms with van der Waals surface area (Å²) in [6.07, 6.45) is 0. The highest BCUT2D eigenvalue weighted by atomic mass is 32.2. The number of carboxylic acid groups (broad SMARTS) is 1. The van der Waals surface area contributed by atoms with E-state index in [0.29, 0.717) is 5.56 Å². The smallest absolute Gasteiger partial charge is 0.335 e. The molecule has 0 atom stereocenters. The molecule has 0 heterocycles. The van der Waals surface area contributed by atoms with Gasteiger partial charge in [-0.25, -0.2) is 4.79 Å². The van der Waals surface area contributed by atoms with E-state index in [1.54, 1.807) is 23.9 Å². The molecular weight excluding hydrogens is 232 g/mol. The third kappa shape index (κ3) is 3.36. The van der Waals surface area contributed by atoms with Gasteiger partial charge in [-0.15, -0.1) is 11.8 Å². The van der Waals surface area contributed by atoms with Crippen molar-refractivity contribution in [2.24, 2.45) is 0 Å². The van der Waals surface area contributed by atoms with Gasteiger partial charge in [0, 0.05) is 10.6 Å². The number of hydrogen-bond donors (Lipinski definition) is 1. The molecule has 2 aromatic carbocycles. The van der Waals surface area contributed by atoms with Gasteiger partial charge in [0.15, 0.2) is 0 Å². The van der Waals surface area contributed by atoms with Crippen molar-refractivity contribution in [3.8, 4) is 0 Å². The Balaban J connectivity index is 1.98. The second-order valence-corrected chi connectivity index (χ2v) is 4.65. The molecule has 2 nitrogen and oxygen atoms in total. The van der Waals surface area contributed by atoms with Crippen LogP contribution in [0.3, 0.4) is 0 Å². The largest absolute Gasteiger partial charge is 0.478 e. The predicted molar refractivity (Wildman–Crippen MR) is 69.4 cm³/mol. The third-order valence-electron chi connectivity index (χ3n) is 2.35. The molecule has 0 fully saturated rings. The molecule has 0 aliphatic heterocycles. The maximum Gasteiger partial charge on any atom is 0.335 e. The molecule has 0 aliphatic carbocycles. The molecule has 0 spiro atoms. The van der Waals surface area contributed by atoms with Gasteiger partial charge in [-0.05, 0) is 29.8 Å². The van der Waals surface area contributed by atoms with Gasteiger partial charge in [0.1, 0.15) is 0 Å². The van der Waals surface area contributed by atoms with Gasteiger partial charge in [-0.2, -0.15) is 0 Å². The van der Waals surface area contributed by atoms with Gasteiger partial charge in [0.05, 0.1) is 5.56 Å². The maximum atomic E-state index is 10.7. The number of benzene rings is 2. The normalized spacial score (nSPS) is 10.1. The van der Waals surface area contributed by atoms with Crippen LogP contribution >= 0.6 is 11.8 Å². The van der Waals surface area contributed by atoms with Crippen molar-refractivity contribution in [2.45, 2.75) is 10.6 Å². The van der Waals surface area contributed by atoms with E-state index in [1.807, 2.05) is 30.3 Å². The highest BCUT2D eigenvalue weighted by Crippen LogP contribution is 2.22. The lowest BCUT2D eigenvalue weighted by Gasteiger charge is -2.02. The van der Waals surface area contributed by atoms with Crippen LogP contribution in [0.15, 0.2) is 59.5 Å². The molecule has 0 amide bonds. The summed E-state index contributed by atoms with van der Waals surface area (Å²) in [6.45, 7) is 0. The van der Waals surface area contributed by atoms with Crippen molar-refractivity contribution in [1.29, 1.82) is 0 Å². The minimum absolute atomic E-state index is 0.328. The Bertz CT molecular complexity index is 491. The molecular formula is C14H12O2S. The van der Waals surface area contributed by atoms with Crippen molar-refractivity contribution in [2.75, 3.05) is 0 Å². The number of carboxylic acids is 1. The Hall–Kier alpha value is -1.74. The molecule has 0 bridgehead atoms. The first-order valence-corrected chi connectivity index (χ1v) is 6.24. The first kappa shape index (κ1) is 11.7. The zero-order chi connectivity index (χ0) is 12.1. The van der Waals surface area contributed by atoms with Crippen LogP contribution in [0.1, 0.15) is 15.9 Å². The van der Waals surface area contributed by atoms with Crippen molar-refractivity contribution in [3.05, 3.63) is 65.7 Å². The first-order valence-electron chi connectivity index (χ1n) is 5.26. The van der Waals surface area contributed by atoms with Crippen LogP contribution in [-0.2, 0) is 5.75 Å². The van der Waals surface area contributed by atoms with E-state index >= 15 is 0 Å². The van der Waals surface area contributed by atoms with E-state index < -0.39 is 5.97 Å². The van der Waals surface area contributed by atoms with Crippen LogP contribution in [0.2, 0.25) is 0 Å². The summed E-state index contributed by atoms with van der Waals surface area (Å²) in [6, 6.07) is 17.2. The fourth-order valence-corrected chi connectivity index (χ4v) is 2.29. The topological polar surface area (TPSA) is 37.3 Å². The lowest BCUT2D eigenvalue weighted by atomic mass is 10.2. The first-order chi connectivity index (χ1) is 8.25. The van der Waals surface area contributed by atoms with Crippen LogP contribution in [0, 0.1) is 0 Å². The summed E-state index contributed by atoms with van der Waals surface area (Å²) < 4.78 is 0. The Morgan fingerprint density at radius 3 is 2.24 bits per heavy atom. The van der Waals surface area contributed by atoms with Gasteiger partial charge < -0.3 is 5.11 Å². The number of hydrogen-bond acceptors (Lipinski definition) is 2. The van der Waals surface area contributed by atoms with Crippen LogP contribution in [0.5, 0.6) is 0 Å². The molecule has 17 heavy (non-hydrogen) atoms. The number of rotatable bonds is 4. The minimum Gasteiger partial charge on any atom is -0.478 e. The Kier molecular flexibility index (Phi) is 3.83. The van der Waals surface area contributed by atoms with Crippen molar-refractivity contribution < 1.29 is 9.90 Å². The van der Waals surface area contributed by atoms with Crippen LogP contribution in [-0.4, -0.2) is 11.1 Å². The molecule has 3 heteroatoms. The SMILES string of the molecule is O=C(O)c1ccc(SCc2ccccc2)cc1. The molecule has 2 aromatic rings. The zero-order valence-electron chi connectivity index (χ0n) is 9.17. The molecule has 0 unspecified atom stereocenters. The third-order valence-corrected chi connectivity index (χ3v) is 3.43. The summed E-state index contributed by atoms with van der Waals surface area (Å²) in [5.41, 5.74) is 1.59. The highest BCUT2D eigenvalue weighted by molar-refractivity contribution is 7.98. The van der Waals surface area contributed by atoms with E-state index in [-0.39, 0.29) is 0 Å². The van der Waals surface area contributed by atoms with Gasteiger partial charge in [-0.1, -0.05) is 30.3 Å². The summed E-state index contributed by atoms with van der Waals surface area (Å²) in [4.78, 5) is 11.8. The van der Waals surface area contributed by atoms with Gasteiger partial charge >= 0.3 is 5.97 Å². The van der Waals surface area contributed by atoms with Gasteiger partial charge in [-0.3, -0.25) is 0 Å². The minimum atomic E-state index is -0.885. The fraction of sp³-hybridized carbons (Fsp3) is 0.0714. The summed E-state index contributed by atoms with van der Waals surface area (Å²) in [5.74, 6) is 0.0115. The molecule has 0 saturated carbocycles. The van der Waals surface area contributed by atoms with Crippen LogP contribution in [0.25, 0.3) is 0 Å².